The van der Waals surface area contributed by atoms with Gasteiger partial charge in [-0.3, -0.25) is 0 Å². The van der Waals surface area contributed by atoms with Gasteiger partial charge in [0, 0.05) is 17.3 Å². The van der Waals surface area contributed by atoms with Gasteiger partial charge in [-0.1, -0.05) is 18.2 Å². The highest BCUT2D eigenvalue weighted by atomic mass is 19.1. The van der Waals surface area contributed by atoms with Gasteiger partial charge in [-0.15, -0.1) is 0 Å². The predicted octanol–water partition coefficient (Wildman–Crippen LogP) is 4.38. The van der Waals surface area contributed by atoms with E-state index in [1.54, 1.807) is 29.3 Å². The van der Waals surface area contributed by atoms with Crippen LogP contribution in [0.4, 0.5) is 30.6 Å². The molecule has 6 nitrogen and oxygen atoms in total. The van der Waals surface area contributed by atoms with Crippen LogP contribution in [0.5, 0.6) is 5.75 Å². The topological polar surface area (TPSA) is 79.6 Å². The standard InChI is InChI=1S/C20H16F2N4O2/c21-12-5-10-17(16(22)11-12)25-20(27)24-13-6-8-14(9-7-13)26-19(23)15-3-1-2-4-18(15)28-26/h1-11,19H,23H2,(H2,24,25,27). The first-order valence-corrected chi connectivity index (χ1v) is 8.46. The molecule has 0 fully saturated rings. The van der Waals surface area contributed by atoms with E-state index in [1.165, 1.54) is 0 Å². The van der Waals surface area contributed by atoms with Crippen molar-refractivity contribution in [2.45, 2.75) is 6.17 Å². The van der Waals surface area contributed by atoms with Crippen molar-refractivity contribution in [3.63, 3.8) is 0 Å². The molecule has 3 aromatic carbocycles. The van der Waals surface area contributed by atoms with Crippen LogP contribution in [0.15, 0.2) is 66.7 Å². The molecular formula is C20H16F2N4O2. The fourth-order valence-corrected chi connectivity index (χ4v) is 2.88. The van der Waals surface area contributed by atoms with Crippen LogP contribution in [0.1, 0.15) is 11.7 Å². The summed E-state index contributed by atoms with van der Waals surface area (Å²) in [4.78, 5) is 17.8. The van der Waals surface area contributed by atoms with Crippen LogP contribution in [-0.4, -0.2) is 6.03 Å². The Bertz CT molecular complexity index is 1030. The number of nitrogens with two attached hydrogens (primary N) is 1. The normalized spacial score (nSPS) is 15.0. The molecule has 1 atom stereocenters. The Labute approximate surface area is 159 Å². The number of fused-ring (bicyclic) bond motifs is 1. The second-order valence-corrected chi connectivity index (χ2v) is 6.15. The van der Waals surface area contributed by atoms with Crippen LogP contribution >= 0.6 is 0 Å². The molecule has 8 heteroatoms. The van der Waals surface area contributed by atoms with Crippen molar-refractivity contribution in [1.82, 2.24) is 0 Å². The molecular weight excluding hydrogens is 366 g/mol. The molecule has 1 unspecified atom stereocenters. The quantitative estimate of drug-likeness (QED) is 0.628. The number of anilines is 3. The van der Waals surface area contributed by atoms with Gasteiger partial charge in [0.15, 0.2) is 5.75 Å². The number of nitrogens with zero attached hydrogens (tertiary/aromatic N) is 1. The van der Waals surface area contributed by atoms with Crippen LogP contribution in [0.3, 0.4) is 0 Å². The van der Waals surface area contributed by atoms with E-state index in [9.17, 15) is 13.6 Å². The molecule has 0 saturated heterocycles. The number of carbonyl (C=O) groups excluding carboxylic acids is 1. The van der Waals surface area contributed by atoms with Crippen molar-refractivity contribution in [3.8, 4) is 5.75 Å². The molecule has 1 aliphatic rings. The average molecular weight is 382 g/mol. The zero-order valence-electron chi connectivity index (χ0n) is 14.5. The number of hydrogen-bond donors (Lipinski definition) is 3. The highest BCUT2D eigenvalue weighted by Crippen LogP contribution is 2.37. The Balaban J connectivity index is 1.42. The van der Waals surface area contributed by atoms with E-state index in [0.717, 1.165) is 17.7 Å². The first-order chi connectivity index (χ1) is 13.5. The van der Waals surface area contributed by atoms with Gasteiger partial charge in [-0.05, 0) is 42.5 Å². The maximum atomic E-state index is 13.6. The lowest BCUT2D eigenvalue weighted by Crippen LogP contribution is -2.31. The number of carbonyl (C=O) groups is 1. The smallest absolute Gasteiger partial charge is 0.323 e. The van der Waals surface area contributed by atoms with Gasteiger partial charge in [0.1, 0.15) is 17.8 Å². The van der Waals surface area contributed by atoms with Gasteiger partial charge in [-0.25, -0.2) is 13.6 Å². The Morgan fingerprint density at radius 3 is 2.46 bits per heavy atom. The Morgan fingerprint density at radius 1 is 1.00 bits per heavy atom. The molecule has 142 valence electrons. The molecule has 0 aliphatic carbocycles. The zero-order valence-corrected chi connectivity index (χ0v) is 14.5. The lowest BCUT2D eigenvalue weighted by Gasteiger charge is -2.21. The molecule has 0 spiro atoms. The fourth-order valence-electron chi connectivity index (χ4n) is 2.88. The second-order valence-electron chi connectivity index (χ2n) is 6.15. The summed E-state index contributed by atoms with van der Waals surface area (Å²) in [5.41, 5.74) is 8.16. The third kappa shape index (κ3) is 3.45. The number of rotatable bonds is 3. The first-order valence-electron chi connectivity index (χ1n) is 8.46. The van der Waals surface area contributed by atoms with E-state index in [1.807, 2.05) is 24.3 Å². The monoisotopic (exact) mass is 382 g/mol. The maximum absolute atomic E-state index is 13.6. The van der Waals surface area contributed by atoms with Crippen LogP contribution in [0, 0.1) is 11.6 Å². The van der Waals surface area contributed by atoms with E-state index in [-0.39, 0.29) is 5.69 Å². The van der Waals surface area contributed by atoms with Gasteiger partial charge in [0.05, 0.1) is 11.4 Å². The van der Waals surface area contributed by atoms with Gasteiger partial charge in [0.2, 0.25) is 0 Å². The van der Waals surface area contributed by atoms with Crippen LogP contribution < -0.4 is 26.3 Å². The Kier molecular flexibility index (Phi) is 4.54. The molecule has 3 aromatic rings. The Hall–Kier alpha value is -3.65. The van der Waals surface area contributed by atoms with Gasteiger partial charge < -0.3 is 21.2 Å². The minimum absolute atomic E-state index is 0.121. The number of nitrogens with one attached hydrogen (secondary N) is 2. The van der Waals surface area contributed by atoms with Gasteiger partial charge in [0.25, 0.3) is 0 Å². The largest absolute Gasteiger partial charge is 0.377 e. The van der Waals surface area contributed by atoms with E-state index < -0.39 is 23.8 Å². The third-order valence-electron chi connectivity index (χ3n) is 4.25. The molecule has 0 saturated carbocycles. The molecule has 4 rings (SSSR count). The molecule has 1 heterocycles. The molecule has 2 amide bonds. The lowest BCUT2D eigenvalue weighted by atomic mass is 10.1. The average Bonchev–Trinajstić information content (AvgIpc) is 3.02. The second kappa shape index (κ2) is 7.16. The lowest BCUT2D eigenvalue weighted by molar-refractivity contribution is 0.262. The fraction of sp³-hybridized carbons (Fsp3) is 0.0500. The summed E-state index contributed by atoms with van der Waals surface area (Å²) in [7, 11) is 0. The van der Waals surface area contributed by atoms with Gasteiger partial charge in [-0.2, -0.15) is 5.06 Å². The summed E-state index contributed by atoms with van der Waals surface area (Å²) >= 11 is 0. The summed E-state index contributed by atoms with van der Waals surface area (Å²) in [6.45, 7) is 0. The van der Waals surface area contributed by atoms with E-state index >= 15 is 0 Å². The highest BCUT2D eigenvalue weighted by Gasteiger charge is 2.29. The van der Waals surface area contributed by atoms with E-state index in [0.29, 0.717) is 23.2 Å². The molecule has 1 aliphatic heterocycles. The zero-order chi connectivity index (χ0) is 19.7. The van der Waals surface area contributed by atoms with Crippen LogP contribution in [0.25, 0.3) is 0 Å². The number of hydrogen-bond acceptors (Lipinski definition) is 4. The SMILES string of the molecule is NC1c2ccccc2ON1c1ccc(NC(=O)Nc2ccc(F)cc2F)cc1. The summed E-state index contributed by atoms with van der Waals surface area (Å²) in [6.07, 6.45) is -0.445. The minimum atomic E-state index is -0.856. The van der Waals surface area contributed by atoms with E-state index in [2.05, 4.69) is 10.6 Å². The predicted molar refractivity (Wildman–Crippen MR) is 102 cm³/mol. The highest BCUT2D eigenvalue weighted by molar-refractivity contribution is 5.99. The number of urea groups is 1. The molecule has 0 bridgehead atoms. The van der Waals surface area contributed by atoms with Crippen molar-refractivity contribution in [3.05, 3.63) is 83.9 Å². The van der Waals surface area contributed by atoms with Crippen LogP contribution in [0.2, 0.25) is 0 Å². The van der Waals surface area contributed by atoms with E-state index in [4.69, 9.17) is 10.6 Å². The molecule has 0 aromatic heterocycles. The van der Waals surface area contributed by atoms with Crippen molar-refractivity contribution in [1.29, 1.82) is 0 Å². The number of para-hydroxylation sites is 1. The maximum Gasteiger partial charge on any atom is 0.323 e. The summed E-state index contributed by atoms with van der Waals surface area (Å²) in [5, 5.41) is 6.48. The summed E-state index contributed by atoms with van der Waals surface area (Å²) in [5.74, 6) is -0.883. The van der Waals surface area contributed by atoms with Gasteiger partial charge >= 0.3 is 6.03 Å². The van der Waals surface area contributed by atoms with Crippen molar-refractivity contribution >= 4 is 23.1 Å². The third-order valence-corrected chi connectivity index (χ3v) is 4.25. The van der Waals surface area contributed by atoms with Crippen molar-refractivity contribution < 1.29 is 18.4 Å². The number of hydroxylamine groups is 1. The summed E-state index contributed by atoms with van der Waals surface area (Å²) in [6, 6.07) is 16.5. The number of amides is 2. The minimum Gasteiger partial charge on any atom is -0.377 e. The molecule has 28 heavy (non-hydrogen) atoms. The number of benzene rings is 3. The Morgan fingerprint density at radius 2 is 1.75 bits per heavy atom. The number of halogens is 2. The first kappa shape index (κ1) is 17.7. The summed E-state index contributed by atoms with van der Waals surface area (Å²) < 4.78 is 26.5. The van der Waals surface area contributed by atoms with Crippen molar-refractivity contribution in [2.24, 2.45) is 5.73 Å². The van der Waals surface area contributed by atoms with Crippen molar-refractivity contribution in [2.75, 3.05) is 15.7 Å². The van der Waals surface area contributed by atoms with Crippen LogP contribution in [-0.2, 0) is 0 Å². The molecule has 4 N–H and O–H groups in total. The molecule has 0 radical (unpaired) electrons.